The fraction of sp³-hybridized carbons (Fsp3) is 0.611. The molecule has 25 heavy (non-hydrogen) atoms. The molecule has 0 aromatic heterocycles. The molecule has 2 aliphatic heterocycles. The van der Waals surface area contributed by atoms with Gasteiger partial charge in [0, 0.05) is 42.7 Å². The number of amides is 1. The fourth-order valence-corrected chi connectivity index (χ4v) is 3.98. The molecular formula is C18H29Cl2N3OS. The van der Waals surface area contributed by atoms with Crippen molar-refractivity contribution < 1.29 is 4.79 Å². The summed E-state index contributed by atoms with van der Waals surface area (Å²) < 4.78 is 0. The first-order chi connectivity index (χ1) is 11.2. The minimum absolute atomic E-state index is 0. The van der Waals surface area contributed by atoms with Crippen LogP contribution in [0.3, 0.4) is 0 Å². The molecule has 0 saturated carbocycles. The largest absolute Gasteiger partial charge is 0.326 e. The maximum absolute atomic E-state index is 12.2. The Kier molecular flexibility index (Phi) is 10.2. The minimum atomic E-state index is 0. The van der Waals surface area contributed by atoms with Crippen LogP contribution in [-0.2, 0) is 11.2 Å². The van der Waals surface area contributed by atoms with Crippen LogP contribution in [0.2, 0.25) is 0 Å². The Balaban J connectivity index is 0.00000156. The van der Waals surface area contributed by atoms with Gasteiger partial charge in [0.2, 0.25) is 5.91 Å². The first-order valence-corrected chi connectivity index (χ1v) is 9.78. The van der Waals surface area contributed by atoms with E-state index < -0.39 is 0 Å². The molecule has 1 unspecified atom stereocenters. The van der Waals surface area contributed by atoms with E-state index in [1.165, 1.54) is 30.2 Å². The van der Waals surface area contributed by atoms with Gasteiger partial charge in [-0.1, -0.05) is 19.1 Å². The highest BCUT2D eigenvalue weighted by atomic mass is 35.5. The summed E-state index contributed by atoms with van der Waals surface area (Å²) in [6.07, 6.45) is 1.09. The van der Waals surface area contributed by atoms with Crippen molar-refractivity contribution in [1.29, 1.82) is 0 Å². The SMILES string of the molecule is CC(C(=O)Nc1ccc(CCN2CCSCC2)cc1)C1CNC1.Cl.Cl. The average Bonchev–Trinajstić information content (AvgIpc) is 2.53. The van der Waals surface area contributed by atoms with E-state index in [-0.39, 0.29) is 36.6 Å². The number of benzene rings is 1. The van der Waals surface area contributed by atoms with Gasteiger partial charge in [0.15, 0.2) is 0 Å². The lowest BCUT2D eigenvalue weighted by molar-refractivity contribution is -0.121. The Morgan fingerprint density at radius 1 is 1.24 bits per heavy atom. The molecule has 3 rings (SSSR count). The normalized spacial score (nSPS) is 19.1. The van der Waals surface area contributed by atoms with Crippen molar-refractivity contribution in [2.24, 2.45) is 11.8 Å². The first-order valence-electron chi connectivity index (χ1n) is 8.63. The third-order valence-corrected chi connectivity index (χ3v) is 5.92. The third-order valence-electron chi connectivity index (χ3n) is 4.98. The lowest BCUT2D eigenvalue weighted by Gasteiger charge is -2.31. The van der Waals surface area contributed by atoms with Crippen molar-refractivity contribution in [2.45, 2.75) is 13.3 Å². The second kappa shape index (κ2) is 11.3. The maximum atomic E-state index is 12.2. The van der Waals surface area contributed by atoms with Gasteiger partial charge in [-0.3, -0.25) is 4.79 Å². The van der Waals surface area contributed by atoms with Crippen LogP contribution in [0, 0.1) is 11.8 Å². The summed E-state index contributed by atoms with van der Waals surface area (Å²) in [6.45, 7) is 7.51. The van der Waals surface area contributed by atoms with Crippen molar-refractivity contribution >= 4 is 48.2 Å². The van der Waals surface area contributed by atoms with Crippen molar-refractivity contribution in [3.8, 4) is 0 Å². The Bertz CT molecular complexity index is 520. The molecule has 2 N–H and O–H groups in total. The van der Waals surface area contributed by atoms with Crippen LogP contribution in [0.25, 0.3) is 0 Å². The summed E-state index contributed by atoms with van der Waals surface area (Å²) >= 11 is 2.05. The number of hydrogen-bond acceptors (Lipinski definition) is 4. The van der Waals surface area contributed by atoms with Gasteiger partial charge < -0.3 is 15.5 Å². The summed E-state index contributed by atoms with van der Waals surface area (Å²) in [7, 11) is 0. The van der Waals surface area contributed by atoms with Gasteiger partial charge in [-0.25, -0.2) is 0 Å². The Morgan fingerprint density at radius 2 is 1.88 bits per heavy atom. The molecule has 0 radical (unpaired) electrons. The number of hydrogen-bond donors (Lipinski definition) is 2. The molecular weight excluding hydrogens is 377 g/mol. The summed E-state index contributed by atoms with van der Waals surface area (Å²) in [4.78, 5) is 14.8. The molecule has 2 aliphatic rings. The third kappa shape index (κ3) is 6.65. The van der Waals surface area contributed by atoms with Gasteiger partial charge in [-0.15, -0.1) is 24.8 Å². The highest BCUT2D eigenvalue weighted by molar-refractivity contribution is 7.99. The van der Waals surface area contributed by atoms with Gasteiger partial charge in [0.05, 0.1) is 0 Å². The highest BCUT2D eigenvalue weighted by Crippen LogP contribution is 2.19. The van der Waals surface area contributed by atoms with Crippen LogP contribution < -0.4 is 10.6 Å². The van der Waals surface area contributed by atoms with E-state index in [1.807, 2.05) is 19.1 Å². The highest BCUT2D eigenvalue weighted by Gasteiger charge is 2.28. The summed E-state index contributed by atoms with van der Waals surface area (Å²) in [6, 6.07) is 8.35. The standard InChI is InChI=1S/C18H27N3OS.2ClH/c1-14(16-12-19-13-16)18(22)20-17-4-2-15(3-5-17)6-7-21-8-10-23-11-9-21;;/h2-5,14,16,19H,6-13H2,1H3,(H,20,22);2*1H. The number of rotatable bonds is 6. The van der Waals surface area contributed by atoms with Gasteiger partial charge in [0.1, 0.15) is 0 Å². The van der Waals surface area contributed by atoms with E-state index in [9.17, 15) is 4.79 Å². The number of anilines is 1. The van der Waals surface area contributed by atoms with Crippen molar-refractivity contribution in [2.75, 3.05) is 49.5 Å². The lowest BCUT2D eigenvalue weighted by Crippen LogP contribution is -2.48. The number of nitrogens with zero attached hydrogens (tertiary/aromatic N) is 1. The zero-order valence-corrected chi connectivity index (χ0v) is 17.2. The van der Waals surface area contributed by atoms with E-state index in [0.717, 1.165) is 31.7 Å². The van der Waals surface area contributed by atoms with Crippen molar-refractivity contribution in [3.05, 3.63) is 29.8 Å². The zero-order chi connectivity index (χ0) is 16.1. The Morgan fingerprint density at radius 3 is 2.44 bits per heavy atom. The van der Waals surface area contributed by atoms with E-state index in [4.69, 9.17) is 0 Å². The van der Waals surface area contributed by atoms with Gasteiger partial charge in [-0.05, 0) is 43.1 Å². The average molecular weight is 406 g/mol. The van der Waals surface area contributed by atoms with E-state index in [1.54, 1.807) is 0 Å². The first kappa shape index (κ1) is 22.6. The van der Waals surface area contributed by atoms with Crippen LogP contribution >= 0.6 is 36.6 Å². The molecule has 1 atom stereocenters. The van der Waals surface area contributed by atoms with Gasteiger partial charge in [0.25, 0.3) is 0 Å². The Hall–Kier alpha value is -0.460. The van der Waals surface area contributed by atoms with Crippen LogP contribution in [0.15, 0.2) is 24.3 Å². The summed E-state index contributed by atoms with van der Waals surface area (Å²) in [5, 5.41) is 6.27. The molecule has 7 heteroatoms. The van der Waals surface area contributed by atoms with Crippen molar-refractivity contribution in [3.63, 3.8) is 0 Å². The number of carbonyl (C=O) groups is 1. The molecule has 142 valence electrons. The molecule has 0 aliphatic carbocycles. The second-order valence-electron chi connectivity index (χ2n) is 6.60. The molecule has 1 aromatic rings. The van der Waals surface area contributed by atoms with E-state index in [0.29, 0.717) is 5.92 Å². The Labute approximate surface area is 167 Å². The fourth-order valence-electron chi connectivity index (χ4n) is 3.00. The molecule has 4 nitrogen and oxygen atoms in total. The van der Waals surface area contributed by atoms with Crippen LogP contribution in [0.1, 0.15) is 12.5 Å². The van der Waals surface area contributed by atoms with Crippen molar-refractivity contribution in [1.82, 2.24) is 10.2 Å². The second-order valence-corrected chi connectivity index (χ2v) is 7.82. The van der Waals surface area contributed by atoms with Gasteiger partial charge >= 0.3 is 0 Å². The lowest BCUT2D eigenvalue weighted by atomic mass is 9.88. The number of carbonyl (C=O) groups excluding carboxylic acids is 1. The van der Waals surface area contributed by atoms with Gasteiger partial charge in [-0.2, -0.15) is 11.8 Å². The topological polar surface area (TPSA) is 44.4 Å². The predicted octanol–water partition coefficient (Wildman–Crippen LogP) is 2.92. The zero-order valence-electron chi connectivity index (χ0n) is 14.7. The minimum Gasteiger partial charge on any atom is -0.326 e. The monoisotopic (exact) mass is 405 g/mol. The quantitative estimate of drug-likeness (QED) is 0.763. The maximum Gasteiger partial charge on any atom is 0.227 e. The number of nitrogens with one attached hydrogen (secondary N) is 2. The molecule has 1 aromatic carbocycles. The summed E-state index contributed by atoms with van der Waals surface area (Å²) in [5.74, 6) is 3.22. The molecule has 2 saturated heterocycles. The molecule has 2 fully saturated rings. The van der Waals surface area contributed by atoms with Crippen LogP contribution in [0.4, 0.5) is 5.69 Å². The van der Waals surface area contributed by atoms with E-state index >= 15 is 0 Å². The molecule has 0 bridgehead atoms. The predicted molar refractivity (Wildman–Crippen MR) is 113 cm³/mol. The smallest absolute Gasteiger partial charge is 0.227 e. The number of thioether (sulfide) groups is 1. The van der Waals surface area contributed by atoms with E-state index in [2.05, 4.69) is 39.4 Å². The van der Waals surface area contributed by atoms with Crippen LogP contribution in [0.5, 0.6) is 0 Å². The van der Waals surface area contributed by atoms with Crippen LogP contribution in [-0.4, -0.2) is 55.0 Å². The molecule has 2 heterocycles. The molecule has 1 amide bonds. The number of halogens is 2. The summed E-state index contributed by atoms with van der Waals surface area (Å²) in [5.41, 5.74) is 2.25. The molecule has 0 spiro atoms.